The number of nitrogens with one attached hydrogen (secondary N) is 7. The second-order valence-electron chi connectivity index (χ2n) is 17.3. The van der Waals surface area contributed by atoms with Crippen molar-refractivity contribution in [1.29, 1.82) is 0 Å². The molecule has 1 fully saturated rings. The molecular formula is C45H65N11O12S3. The Balaban J connectivity index is 2.07. The van der Waals surface area contributed by atoms with E-state index in [9.17, 15) is 57.8 Å². The zero-order valence-electron chi connectivity index (χ0n) is 40.0. The summed E-state index contributed by atoms with van der Waals surface area (Å²) >= 11 is 1.29. The molecule has 23 nitrogen and oxygen atoms in total. The number of hydrazine groups is 1. The highest BCUT2D eigenvalue weighted by atomic mass is 33.1. The molecule has 1 aromatic heterocycles. The van der Waals surface area contributed by atoms with Crippen LogP contribution in [0, 0.1) is 11.8 Å². The van der Waals surface area contributed by atoms with E-state index in [4.69, 9.17) is 17.2 Å². The van der Waals surface area contributed by atoms with Crippen LogP contribution in [0.15, 0.2) is 41.8 Å². The number of carbonyl (C=O) groups excluding carboxylic acids is 11. The van der Waals surface area contributed by atoms with Crippen molar-refractivity contribution in [2.24, 2.45) is 29.0 Å². The Bertz CT molecular complexity index is 2200. The monoisotopic (exact) mass is 1050 g/mol. The number of ketones is 2. The average molecular weight is 1050 g/mol. The first-order valence-corrected chi connectivity index (χ1v) is 26.2. The van der Waals surface area contributed by atoms with E-state index in [1.54, 1.807) is 43.5 Å². The Morgan fingerprint density at radius 1 is 0.831 bits per heavy atom. The lowest BCUT2D eigenvalue weighted by Crippen LogP contribution is -2.61. The number of nitrogens with zero attached hydrogens (tertiary/aromatic N) is 1. The molecule has 1 aliphatic heterocycles. The molecular weight excluding hydrogens is 983 g/mol. The van der Waals surface area contributed by atoms with Gasteiger partial charge in [0.1, 0.15) is 29.9 Å². The number of hydrogen-bond donors (Lipinski definition) is 11. The Morgan fingerprint density at radius 3 is 2.13 bits per heavy atom. The van der Waals surface area contributed by atoms with Gasteiger partial charge >= 0.3 is 0 Å². The maximum absolute atomic E-state index is 14.7. The van der Waals surface area contributed by atoms with Gasteiger partial charge in [0.15, 0.2) is 0 Å². The van der Waals surface area contributed by atoms with Gasteiger partial charge in [0.2, 0.25) is 64.7 Å². The smallest absolute Gasteiger partial charge is 0.243 e. The molecule has 0 saturated carbocycles. The summed E-state index contributed by atoms with van der Waals surface area (Å²) in [6.07, 6.45) is -1.43. The summed E-state index contributed by atoms with van der Waals surface area (Å²) < 4.78 is 0. The van der Waals surface area contributed by atoms with Crippen molar-refractivity contribution in [1.82, 2.24) is 42.3 Å². The molecule has 7 atom stereocenters. The van der Waals surface area contributed by atoms with E-state index in [0.29, 0.717) is 16.9 Å². The topological polar surface area (TPSA) is 374 Å². The standard InChI is InChI=1S/C45H65N11O12S3/c1-5-25(4)39-44(67)52-29(12-13-34(46)58)40(63)41(64)30(19-35(47)59)54-55-33(23-71-70-16-14-37(61)50-32(43(66)53-39)18-26-8-10-27(57)11-9-26)45(68)56(21-28-7-6-15-69-28)22-38(62)51-31(17-24(2)3)42(65)49-20-36(48)60/h6-11,15,24-25,29-33,39,54-55,57H,5,12-14,16-23H2,1-4H3,(H2,46,58)(H2,47,59)(H2,48,60)(H,49,65)(H,50,61)(H,51,62)(H,52,67)(H,53,66)/t25-,29-,30-,31-,32-,33-,39-/m0/s1. The number of hydrogen-bond acceptors (Lipinski definition) is 17. The van der Waals surface area contributed by atoms with Crippen LogP contribution in [0.5, 0.6) is 5.75 Å². The lowest BCUT2D eigenvalue weighted by molar-refractivity contribution is -0.142. The molecule has 9 amide bonds. The van der Waals surface area contributed by atoms with Crippen LogP contribution in [0.1, 0.15) is 76.7 Å². The van der Waals surface area contributed by atoms with Crippen LogP contribution in [0.25, 0.3) is 0 Å². The van der Waals surface area contributed by atoms with Crippen molar-refractivity contribution in [3.8, 4) is 5.75 Å². The van der Waals surface area contributed by atoms with Crippen molar-refractivity contribution in [3.05, 3.63) is 52.2 Å². The minimum Gasteiger partial charge on any atom is -0.508 e. The highest BCUT2D eigenvalue weighted by Crippen LogP contribution is 2.24. The second kappa shape index (κ2) is 29.9. The van der Waals surface area contributed by atoms with Gasteiger partial charge in [0.05, 0.1) is 38.1 Å². The second-order valence-corrected chi connectivity index (χ2v) is 20.9. The number of phenols is 1. The van der Waals surface area contributed by atoms with Crippen LogP contribution in [0.3, 0.4) is 0 Å². The van der Waals surface area contributed by atoms with Crippen LogP contribution in [-0.4, -0.2) is 136 Å². The molecule has 2 heterocycles. The summed E-state index contributed by atoms with van der Waals surface area (Å²) in [5, 5.41) is 24.5. The predicted molar refractivity (Wildman–Crippen MR) is 266 cm³/mol. The van der Waals surface area contributed by atoms with E-state index >= 15 is 0 Å². The van der Waals surface area contributed by atoms with Gasteiger partial charge in [-0.1, -0.05) is 73.9 Å². The maximum atomic E-state index is 14.7. The number of amides is 9. The number of nitrogens with two attached hydrogens (primary N) is 3. The SMILES string of the molecule is CC[C@H](C)[C@@H]1NC(=O)[C@H](Cc2ccc(O)cc2)NC(=O)CCSSC[C@@H](C(=O)N(CC(=O)N[C@@H](CC(C)C)C(=O)NCC(N)=O)Cc2cccs2)NN[C@@H](CC(N)=O)C(=O)C(=O)[C@H](CCC(N)=O)NC1=O. The number of phenolic OH excluding ortho intramolecular Hbond substituents is 1. The van der Waals surface area contributed by atoms with Crippen molar-refractivity contribution in [3.63, 3.8) is 0 Å². The van der Waals surface area contributed by atoms with E-state index in [2.05, 4.69) is 37.4 Å². The van der Waals surface area contributed by atoms with Crippen molar-refractivity contribution >= 4 is 97.7 Å². The van der Waals surface area contributed by atoms with Gasteiger partial charge in [-0.25, -0.2) is 10.9 Å². The van der Waals surface area contributed by atoms with Crippen LogP contribution in [0.4, 0.5) is 0 Å². The lowest BCUT2D eigenvalue weighted by Gasteiger charge is -2.30. The summed E-state index contributed by atoms with van der Waals surface area (Å²) in [5.41, 5.74) is 22.0. The van der Waals surface area contributed by atoms with E-state index < -0.39 is 139 Å². The van der Waals surface area contributed by atoms with Gasteiger partial charge in [-0.15, -0.1) is 11.3 Å². The third kappa shape index (κ3) is 21.0. The van der Waals surface area contributed by atoms with Gasteiger partial charge in [0, 0.05) is 35.6 Å². The van der Waals surface area contributed by atoms with Crippen molar-refractivity contribution in [2.75, 3.05) is 24.6 Å². The fraction of sp³-hybridized carbons (Fsp3) is 0.533. The summed E-state index contributed by atoms with van der Waals surface area (Å²) in [6.45, 7) is 5.85. The molecule has 1 saturated heterocycles. The van der Waals surface area contributed by atoms with Gasteiger partial charge in [-0.2, -0.15) is 0 Å². The number of Topliss-reactive ketones (excluding diaryl/α,β-unsaturated/α-hetero) is 2. The quantitative estimate of drug-likeness (QED) is 0.0534. The molecule has 1 aromatic carbocycles. The molecule has 71 heavy (non-hydrogen) atoms. The van der Waals surface area contributed by atoms with Gasteiger partial charge in [0.25, 0.3) is 0 Å². The fourth-order valence-electron chi connectivity index (χ4n) is 6.99. The first-order chi connectivity index (χ1) is 33.6. The maximum Gasteiger partial charge on any atom is 0.243 e. The molecule has 0 aliphatic carbocycles. The van der Waals surface area contributed by atoms with Gasteiger partial charge in [-0.05, 0) is 53.8 Å². The summed E-state index contributed by atoms with van der Waals surface area (Å²) in [4.78, 5) is 149. The molecule has 0 bridgehead atoms. The Morgan fingerprint density at radius 2 is 1.52 bits per heavy atom. The zero-order chi connectivity index (χ0) is 52.8. The van der Waals surface area contributed by atoms with Crippen molar-refractivity contribution < 1.29 is 57.8 Å². The summed E-state index contributed by atoms with van der Waals surface area (Å²) in [7, 11) is 2.28. The van der Waals surface area contributed by atoms with Crippen LogP contribution >= 0.6 is 32.9 Å². The molecule has 0 unspecified atom stereocenters. The number of thiophene rings is 1. The van der Waals surface area contributed by atoms with Gasteiger partial charge < -0.3 is 53.8 Å². The lowest BCUT2D eigenvalue weighted by atomic mass is 9.94. The van der Waals surface area contributed by atoms with Gasteiger partial charge in [-0.3, -0.25) is 52.7 Å². The van der Waals surface area contributed by atoms with E-state index in [0.717, 1.165) is 10.8 Å². The molecule has 3 rings (SSSR count). The molecule has 0 radical (unpaired) electrons. The molecule has 14 N–H and O–H groups in total. The fourth-order valence-corrected chi connectivity index (χ4v) is 9.86. The first kappa shape index (κ1) is 59.2. The number of aromatic hydroxyl groups is 1. The Labute approximate surface area is 423 Å². The average Bonchev–Trinajstić information content (AvgIpc) is 3.83. The Kier molecular flexibility index (Phi) is 25.0. The third-order valence-electron chi connectivity index (χ3n) is 10.9. The number of carbonyl (C=O) groups is 11. The minimum atomic E-state index is -1.76. The normalized spacial score (nSPS) is 20.9. The van der Waals surface area contributed by atoms with E-state index in [1.165, 1.54) is 39.2 Å². The number of primary amides is 3. The zero-order valence-corrected chi connectivity index (χ0v) is 42.4. The first-order valence-electron chi connectivity index (χ1n) is 22.8. The van der Waals surface area contributed by atoms with Crippen LogP contribution in [0.2, 0.25) is 0 Å². The molecule has 0 spiro atoms. The molecule has 26 heteroatoms. The number of rotatable bonds is 20. The highest BCUT2D eigenvalue weighted by molar-refractivity contribution is 8.76. The van der Waals surface area contributed by atoms with Crippen molar-refractivity contribution in [2.45, 2.75) is 115 Å². The van der Waals surface area contributed by atoms with E-state index in [1.807, 2.05) is 13.8 Å². The number of benzene rings is 1. The largest absolute Gasteiger partial charge is 0.508 e. The predicted octanol–water partition coefficient (Wildman–Crippen LogP) is -1.45. The van der Waals surface area contributed by atoms with E-state index in [-0.39, 0.29) is 49.0 Å². The third-order valence-corrected chi connectivity index (χ3v) is 14.2. The highest BCUT2D eigenvalue weighted by Gasteiger charge is 2.38. The Hall–Kier alpha value is -6.09. The molecule has 2 aromatic rings. The minimum absolute atomic E-state index is 0.0344. The molecule has 390 valence electrons. The van der Waals surface area contributed by atoms with Crippen LogP contribution in [-0.2, 0) is 65.7 Å². The molecule has 1 aliphatic rings. The summed E-state index contributed by atoms with van der Waals surface area (Å²) in [5.74, 6) is -10.3. The summed E-state index contributed by atoms with van der Waals surface area (Å²) in [6, 6.07) is 0.864. The van der Waals surface area contributed by atoms with Crippen LogP contribution < -0.4 is 54.6 Å².